The zero-order valence-electron chi connectivity index (χ0n) is 14.9. The molecular weight excluding hydrogens is 332 g/mol. The molecule has 1 aliphatic heterocycles. The van der Waals surface area contributed by atoms with Gasteiger partial charge in [-0.25, -0.2) is 14.4 Å². The number of hydrogen-bond donors (Lipinski definition) is 1. The summed E-state index contributed by atoms with van der Waals surface area (Å²) in [6, 6.07) is 0. The van der Waals surface area contributed by atoms with Crippen LogP contribution in [-0.2, 0) is 33.4 Å². The number of nitrogens with zero attached hydrogens (tertiary/aromatic N) is 1. The van der Waals surface area contributed by atoms with Crippen LogP contribution in [0.15, 0.2) is 22.5 Å². The maximum atomic E-state index is 12.4. The Balaban J connectivity index is 3.70. The molecule has 1 rings (SSSR count). The maximum Gasteiger partial charge on any atom is 0.347 e. The Hall–Kier alpha value is -2.84. The van der Waals surface area contributed by atoms with Crippen molar-refractivity contribution < 1.29 is 33.4 Å². The molecule has 0 atom stereocenters. The number of carbonyl (C=O) groups excluding carboxylic acids is 4. The first kappa shape index (κ1) is 20.2. The number of amides is 1. The molecule has 0 aliphatic carbocycles. The number of esters is 3. The highest BCUT2D eigenvalue weighted by molar-refractivity contribution is 6.20. The normalized spacial score (nSPS) is 13.7. The van der Waals surface area contributed by atoms with Crippen molar-refractivity contribution in [2.24, 2.45) is 0 Å². The second-order valence-electron chi connectivity index (χ2n) is 4.75. The average molecular weight is 354 g/mol. The Bertz CT molecular complexity index is 629. The highest BCUT2D eigenvalue weighted by Crippen LogP contribution is 2.31. The number of nitrogens with one attached hydrogen (secondary N) is 1. The second kappa shape index (κ2) is 8.86. The Labute approximate surface area is 145 Å². The van der Waals surface area contributed by atoms with Gasteiger partial charge in [-0.05, 0) is 20.8 Å². The zero-order chi connectivity index (χ0) is 19.1. The van der Waals surface area contributed by atoms with Gasteiger partial charge in [0.15, 0.2) is 5.57 Å². The number of ether oxygens (including phenoxy) is 3. The average Bonchev–Trinajstić information content (AvgIpc) is 2.80. The summed E-state index contributed by atoms with van der Waals surface area (Å²) < 4.78 is 14.7. The molecule has 0 aromatic carbocycles. The van der Waals surface area contributed by atoms with Crippen molar-refractivity contribution in [3.8, 4) is 0 Å². The number of rotatable bonds is 7. The molecule has 0 saturated heterocycles. The van der Waals surface area contributed by atoms with Crippen molar-refractivity contribution in [2.45, 2.75) is 20.8 Å². The molecule has 1 N–H and O–H groups in total. The maximum absolute atomic E-state index is 12.4. The van der Waals surface area contributed by atoms with E-state index in [1.54, 1.807) is 20.8 Å². The van der Waals surface area contributed by atoms with Crippen molar-refractivity contribution in [1.82, 2.24) is 10.2 Å². The fraction of sp³-hybridized carbons (Fsp3) is 0.500. The van der Waals surface area contributed by atoms with Gasteiger partial charge in [0.25, 0.3) is 5.91 Å². The molecule has 9 nitrogen and oxygen atoms in total. The lowest BCUT2D eigenvalue weighted by atomic mass is 10.1. The summed E-state index contributed by atoms with van der Waals surface area (Å²) in [4.78, 5) is 50.4. The van der Waals surface area contributed by atoms with E-state index < -0.39 is 29.4 Å². The van der Waals surface area contributed by atoms with Gasteiger partial charge in [0.2, 0.25) is 0 Å². The first-order chi connectivity index (χ1) is 11.8. The second-order valence-corrected chi connectivity index (χ2v) is 4.75. The minimum atomic E-state index is -0.991. The summed E-state index contributed by atoms with van der Waals surface area (Å²) in [6.45, 7) is 4.79. The van der Waals surface area contributed by atoms with Gasteiger partial charge in [0, 0.05) is 14.1 Å². The minimum absolute atomic E-state index is 0.00399. The van der Waals surface area contributed by atoms with Crippen molar-refractivity contribution >= 4 is 23.8 Å². The predicted octanol–water partition coefficient (Wildman–Crippen LogP) is -0.125. The van der Waals surface area contributed by atoms with Crippen LogP contribution in [0.3, 0.4) is 0 Å². The molecule has 0 aromatic heterocycles. The Kier molecular flexibility index (Phi) is 7.16. The summed E-state index contributed by atoms with van der Waals surface area (Å²) in [5.74, 6) is -3.41. The first-order valence-electron chi connectivity index (χ1n) is 7.81. The third-order valence-corrected chi connectivity index (χ3v) is 3.27. The molecule has 0 fully saturated rings. The molecule has 1 aliphatic rings. The SMILES string of the molecule is CCOC(=O)C1=C(NC)C(=O)N(C)C1=C(C(=O)OCC)C(=O)OCC. The molecule has 25 heavy (non-hydrogen) atoms. The topological polar surface area (TPSA) is 111 Å². The summed E-state index contributed by atoms with van der Waals surface area (Å²) in [5.41, 5.74) is -1.03. The highest BCUT2D eigenvalue weighted by Gasteiger charge is 2.43. The van der Waals surface area contributed by atoms with Crippen LogP contribution < -0.4 is 5.32 Å². The van der Waals surface area contributed by atoms with Crippen molar-refractivity contribution in [3.05, 3.63) is 22.5 Å². The molecule has 1 heterocycles. The first-order valence-corrected chi connectivity index (χ1v) is 7.81. The van der Waals surface area contributed by atoms with E-state index in [1.807, 2.05) is 0 Å². The molecular formula is C16H22N2O7. The number of carbonyl (C=O) groups is 4. The smallest absolute Gasteiger partial charge is 0.347 e. The largest absolute Gasteiger partial charge is 0.462 e. The van der Waals surface area contributed by atoms with Crippen LogP contribution in [0.25, 0.3) is 0 Å². The molecule has 1 amide bonds. The summed E-state index contributed by atoms with van der Waals surface area (Å²) in [6.07, 6.45) is 0. The zero-order valence-corrected chi connectivity index (χ0v) is 14.9. The predicted molar refractivity (Wildman–Crippen MR) is 85.8 cm³/mol. The fourth-order valence-corrected chi connectivity index (χ4v) is 2.27. The Morgan fingerprint density at radius 1 is 0.960 bits per heavy atom. The fourth-order valence-electron chi connectivity index (χ4n) is 2.27. The van der Waals surface area contributed by atoms with Crippen LogP contribution in [0.2, 0.25) is 0 Å². The van der Waals surface area contributed by atoms with E-state index in [-0.39, 0.29) is 36.8 Å². The molecule has 0 aromatic rings. The van der Waals surface area contributed by atoms with E-state index in [1.165, 1.54) is 14.1 Å². The molecule has 0 radical (unpaired) electrons. The van der Waals surface area contributed by atoms with E-state index in [0.29, 0.717) is 0 Å². The Morgan fingerprint density at radius 2 is 1.44 bits per heavy atom. The van der Waals surface area contributed by atoms with Crippen LogP contribution in [0, 0.1) is 0 Å². The van der Waals surface area contributed by atoms with Gasteiger partial charge in [-0.1, -0.05) is 0 Å². The highest BCUT2D eigenvalue weighted by atomic mass is 16.6. The van der Waals surface area contributed by atoms with Gasteiger partial charge >= 0.3 is 17.9 Å². The van der Waals surface area contributed by atoms with Gasteiger partial charge in [-0.15, -0.1) is 0 Å². The van der Waals surface area contributed by atoms with Gasteiger partial charge in [0.05, 0.1) is 25.5 Å². The van der Waals surface area contributed by atoms with Crippen LogP contribution >= 0.6 is 0 Å². The van der Waals surface area contributed by atoms with Gasteiger partial charge in [-0.2, -0.15) is 0 Å². The molecule has 0 spiro atoms. The summed E-state index contributed by atoms with van der Waals surface area (Å²) in [7, 11) is 2.78. The standard InChI is InChI=1S/C16H22N2O7/c1-6-23-14(20)9-11(17-4)13(19)18(5)12(9)10(15(21)24-7-2)16(22)25-8-3/h17H,6-8H2,1-5H3. The van der Waals surface area contributed by atoms with E-state index >= 15 is 0 Å². The lowest BCUT2D eigenvalue weighted by Gasteiger charge is -2.17. The van der Waals surface area contributed by atoms with E-state index in [4.69, 9.17) is 14.2 Å². The van der Waals surface area contributed by atoms with Crippen LogP contribution in [0.5, 0.6) is 0 Å². The van der Waals surface area contributed by atoms with Gasteiger partial charge in [-0.3, -0.25) is 4.79 Å². The number of hydrogen-bond acceptors (Lipinski definition) is 8. The summed E-state index contributed by atoms with van der Waals surface area (Å²) in [5, 5.41) is 2.61. The lowest BCUT2D eigenvalue weighted by molar-refractivity contribution is -0.146. The third-order valence-electron chi connectivity index (χ3n) is 3.27. The molecule has 0 unspecified atom stereocenters. The lowest BCUT2D eigenvalue weighted by Crippen LogP contribution is -2.29. The van der Waals surface area contributed by atoms with Crippen molar-refractivity contribution in [1.29, 1.82) is 0 Å². The van der Waals surface area contributed by atoms with Gasteiger partial charge < -0.3 is 24.4 Å². The quantitative estimate of drug-likeness (QED) is 0.221. The minimum Gasteiger partial charge on any atom is -0.462 e. The molecule has 0 bridgehead atoms. The monoisotopic (exact) mass is 354 g/mol. The van der Waals surface area contributed by atoms with E-state index in [0.717, 1.165) is 4.90 Å². The van der Waals surface area contributed by atoms with Crippen molar-refractivity contribution in [2.75, 3.05) is 33.9 Å². The number of likely N-dealkylation sites (N-methyl/N-ethyl adjacent to an activating group) is 2. The van der Waals surface area contributed by atoms with Crippen molar-refractivity contribution in [3.63, 3.8) is 0 Å². The van der Waals surface area contributed by atoms with Gasteiger partial charge in [0.1, 0.15) is 11.3 Å². The molecule has 138 valence electrons. The Morgan fingerprint density at radius 3 is 1.84 bits per heavy atom. The summed E-state index contributed by atoms with van der Waals surface area (Å²) >= 11 is 0. The third kappa shape index (κ3) is 3.98. The van der Waals surface area contributed by atoms with Crippen LogP contribution in [0.4, 0.5) is 0 Å². The van der Waals surface area contributed by atoms with Crippen LogP contribution in [0.1, 0.15) is 20.8 Å². The van der Waals surface area contributed by atoms with Crippen LogP contribution in [-0.4, -0.2) is 62.6 Å². The molecule has 9 heteroatoms. The van der Waals surface area contributed by atoms with E-state index in [9.17, 15) is 19.2 Å². The molecule has 0 saturated carbocycles. The van der Waals surface area contributed by atoms with E-state index in [2.05, 4.69) is 5.32 Å².